The van der Waals surface area contributed by atoms with Gasteiger partial charge in [-0.3, -0.25) is 4.79 Å². The number of halogens is 1. The van der Waals surface area contributed by atoms with Crippen LogP contribution >= 0.6 is 34.7 Å². The van der Waals surface area contributed by atoms with Gasteiger partial charge >= 0.3 is 5.97 Å². The van der Waals surface area contributed by atoms with Crippen LogP contribution in [0.15, 0.2) is 35.2 Å². The van der Waals surface area contributed by atoms with Crippen LogP contribution in [-0.4, -0.2) is 43.3 Å². The zero-order valence-corrected chi connectivity index (χ0v) is 17.2. The zero-order valence-electron chi connectivity index (χ0n) is 14.8. The number of rotatable bonds is 8. The summed E-state index contributed by atoms with van der Waals surface area (Å²) in [6.07, 6.45) is 1.94. The Morgan fingerprint density at radius 2 is 2.04 bits per heavy atom. The first-order valence-electron chi connectivity index (χ1n) is 7.89. The van der Waals surface area contributed by atoms with Crippen molar-refractivity contribution in [2.24, 2.45) is 0 Å². The fourth-order valence-electron chi connectivity index (χ4n) is 2.26. The Bertz CT molecular complexity index is 778. The van der Waals surface area contributed by atoms with Gasteiger partial charge in [-0.2, -0.15) is 0 Å². The Morgan fingerprint density at radius 1 is 1.27 bits per heavy atom. The van der Waals surface area contributed by atoms with Gasteiger partial charge in [-0.05, 0) is 43.5 Å². The summed E-state index contributed by atoms with van der Waals surface area (Å²) in [7, 11) is 1.49. The molecule has 0 spiro atoms. The highest BCUT2D eigenvalue weighted by molar-refractivity contribution is 7.98. The summed E-state index contributed by atoms with van der Waals surface area (Å²) in [5, 5.41) is 0. The van der Waals surface area contributed by atoms with Crippen molar-refractivity contribution in [3.05, 3.63) is 45.1 Å². The van der Waals surface area contributed by atoms with E-state index in [0.29, 0.717) is 28.7 Å². The Hall–Kier alpha value is -1.70. The van der Waals surface area contributed by atoms with Crippen molar-refractivity contribution in [2.75, 3.05) is 26.5 Å². The monoisotopic (exact) mass is 413 g/mol. The second-order valence-electron chi connectivity index (χ2n) is 5.26. The van der Waals surface area contributed by atoms with Gasteiger partial charge in [0.25, 0.3) is 5.91 Å². The van der Waals surface area contributed by atoms with Crippen molar-refractivity contribution in [2.45, 2.75) is 18.4 Å². The fourth-order valence-corrected chi connectivity index (χ4v) is 3.80. The van der Waals surface area contributed by atoms with E-state index in [4.69, 9.17) is 21.1 Å². The average molecular weight is 414 g/mol. The first-order valence-corrected chi connectivity index (χ1v) is 10.3. The molecule has 0 unspecified atom stereocenters. The van der Waals surface area contributed by atoms with E-state index >= 15 is 0 Å². The number of thioether (sulfide) groups is 1. The highest BCUT2D eigenvalue weighted by atomic mass is 35.5. The summed E-state index contributed by atoms with van der Waals surface area (Å²) in [4.78, 5) is 28.2. The predicted molar refractivity (Wildman–Crippen MR) is 105 cm³/mol. The molecule has 1 heterocycles. The third kappa shape index (κ3) is 5.40. The number of thiophene rings is 1. The van der Waals surface area contributed by atoms with Gasteiger partial charge < -0.3 is 14.4 Å². The van der Waals surface area contributed by atoms with Gasteiger partial charge in [-0.1, -0.05) is 11.6 Å². The van der Waals surface area contributed by atoms with Gasteiger partial charge in [0.15, 0.2) is 6.61 Å². The van der Waals surface area contributed by atoms with E-state index in [2.05, 4.69) is 0 Å². The molecule has 1 aromatic carbocycles. The summed E-state index contributed by atoms with van der Waals surface area (Å²) in [6.45, 7) is 2.51. The topological polar surface area (TPSA) is 55.8 Å². The van der Waals surface area contributed by atoms with Crippen LogP contribution in [0.2, 0.25) is 4.34 Å². The Labute approximate surface area is 166 Å². The lowest BCUT2D eigenvalue weighted by atomic mass is 10.2. The molecule has 0 N–H and O–H groups in total. The Morgan fingerprint density at radius 3 is 2.62 bits per heavy atom. The number of amides is 1. The molecule has 1 aromatic heterocycles. The maximum Gasteiger partial charge on any atom is 0.342 e. The van der Waals surface area contributed by atoms with Crippen LogP contribution < -0.4 is 4.74 Å². The van der Waals surface area contributed by atoms with E-state index in [1.165, 1.54) is 18.4 Å². The minimum atomic E-state index is -0.585. The van der Waals surface area contributed by atoms with Crippen LogP contribution in [-0.2, 0) is 16.1 Å². The average Bonchev–Trinajstić information content (AvgIpc) is 3.08. The summed E-state index contributed by atoms with van der Waals surface area (Å²) >= 11 is 8.89. The van der Waals surface area contributed by atoms with Crippen LogP contribution in [0.1, 0.15) is 22.2 Å². The summed E-state index contributed by atoms with van der Waals surface area (Å²) < 4.78 is 11.1. The number of nitrogens with zero attached hydrogens (tertiary/aromatic N) is 1. The molecule has 5 nitrogen and oxygen atoms in total. The third-order valence-electron chi connectivity index (χ3n) is 3.67. The largest absolute Gasteiger partial charge is 0.496 e. The first kappa shape index (κ1) is 20.6. The molecule has 26 heavy (non-hydrogen) atoms. The summed E-state index contributed by atoms with van der Waals surface area (Å²) in [5.74, 6) is -0.418. The highest BCUT2D eigenvalue weighted by Crippen LogP contribution is 2.26. The maximum atomic E-state index is 12.4. The molecule has 0 aliphatic carbocycles. The van der Waals surface area contributed by atoms with Gasteiger partial charge in [-0.15, -0.1) is 23.1 Å². The van der Waals surface area contributed by atoms with Crippen molar-refractivity contribution < 1.29 is 19.1 Å². The highest BCUT2D eigenvalue weighted by Gasteiger charge is 2.19. The quantitative estimate of drug-likeness (QED) is 0.476. The fraction of sp³-hybridized carbons (Fsp3) is 0.333. The standard InChI is InChI=1S/C18H20ClNO4S2/c1-4-20(10-13-6-8-16(19)26-13)17(21)11-24-18(22)14-7-5-12(25-3)9-15(14)23-2/h5-9H,4,10-11H2,1-3H3. The van der Waals surface area contributed by atoms with E-state index in [1.807, 2.05) is 25.3 Å². The molecule has 0 saturated carbocycles. The number of carbonyl (C=O) groups is 2. The van der Waals surface area contributed by atoms with Crippen LogP contribution in [0.25, 0.3) is 0 Å². The Kier molecular flexibility index (Phi) is 7.81. The van der Waals surface area contributed by atoms with Crippen LogP contribution in [0.4, 0.5) is 0 Å². The molecule has 0 aliphatic heterocycles. The normalized spacial score (nSPS) is 10.5. The molecule has 0 saturated heterocycles. The number of likely N-dealkylation sites (N-methyl/N-ethyl adjacent to an activating group) is 1. The smallest absolute Gasteiger partial charge is 0.342 e. The third-order valence-corrected chi connectivity index (χ3v) is 5.61. The predicted octanol–water partition coefficient (Wildman–Crippen LogP) is 4.34. The lowest BCUT2D eigenvalue weighted by molar-refractivity contribution is -0.134. The van der Waals surface area contributed by atoms with Crippen LogP contribution in [0.3, 0.4) is 0 Å². The summed E-state index contributed by atoms with van der Waals surface area (Å²) in [6, 6.07) is 8.90. The van der Waals surface area contributed by atoms with E-state index in [0.717, 1.165) is 9.77 Å². The maximum absolute atomic E-state index is 12.4. The molecule has 1 amide bonds. The van der Waals surface area contributed by atoms with Crippen molar-refractivity contribution in [3.8, 4) is 5.75 Å². The molecule has 0 atom stereocenters. The molecule has 0 radical (unpaired) electrons. The molecule has 0 bridgehead atoms. The lowest BCUT2D eigenvalue weighted by Gasteiger charge is -2.20. The number of esters is 1. The summed E-state index contributed by atoms with van der Waals surface area (Å²) in [5.41, 5.74) is 0.297. The van der Waals surface area contributed by atoms with Crippen LogP contribution in [0, 0.1) is 0 Å². The first-order chi connectivity index (χ1) is 12.5. The molecule has 140 valence electrons. The number of ether oxygens (including phenoxy) is 2. The number of hydrogen-bond donors (Lipinski definition) is 0. The molecule has 2 aromatic rings. The number of benzene rings is 1. The zero-order chi connectivity index (χ0) is 19.1. The van der Waals surface area contributed by atoms with Gasteiger partial charge in [0.2, 0.25) is 0 Å². The minimum Gasteiger partial charge on any atom is -0.496 e. The van der Waals surface area contributed by atoms with Gasteiger partial charge in [-0.25, -0.2) is 4.79 Å². The van der Waals surface area contributed by atoms with E-state index in [-0.39, 0.29) is 12.5 Å². The van der Waals surface area contributed by atoms with E-state index < -0.39 is 5.97 Å². The Balaban J connectivity index is 1.98. The minimum absolute atomic E-state index is 0.259. The van der Waals surface area contributed by atoms with Crippen molar-refractivity contribution in [3.63, 3.8) is 0 Å². The van der Waals surface area contributed by atoms with E-state index in [9.17, 15) is 9.59 Å². The van der Waals surface area contributed by atoms with Gasteiger partial charge in [0.1, 0.15) is 11.3 Å². The molecule has 8 heteroatoms. The van der Waals surface area contributed by atoms with Crippen LogP contribution in [0.5, 0.6) is 5.75 Å². The SMILES string of the molecule is CCN(Cc1ccc(Cl)s1)C(=O)COC(=O)c1ccc(SC)cc1OC. The van der Waals surface area contributed by atoms with Gasteiger partial charge in [0.05, 0.1) is 18.0 Å². The second-order valence-corrected chi connectivity index (χ2v) is 7.94. The molecule has 2 rings (SSSR count). The lowest BCUT2D eigenvalue weighted by Crippen LogP contribution is -2.33. The number of methoxy groups -OCH3 is 1. The second kappa shape index (κ2) is 9.85. The van der Waals surface area contributed by atoms with Gasteiger partial charge in [0, 0.05) is 16.3 Å². The molecular weight excluding hydrogens is 394 g/mol. The molecule has 0 fully saturated rings. The van der Waals surface area contributed by atoms with Crippen molar-refractivity contribution in [1.82, 2.24) is 4.90 Å². The molecule has 0 aliphatic rings. The van der Waals surface area contributed by atoms with Crippen molar-refractivity contribution in [1.29, 1.82) is 0 Å². The number of carbonyl (C=O) groups excluding carboxylic acids is 2. The molecular formula is C18H20ClNO4S2. The van der Waals surface area contributed by atoms with Crippen molar-refractivity contribution >= 4 is 46.6 Å². The van der Waals surface area contributed by atoms with E-state index in [1.54, 1.807) is 34.9 Å². The number of hydrogen-bond acceptors (Lipinski definition) is 6.